The molecule has 0 saturated carbocycles. The van der Waals surface area contributed by atoms with Gasteiger partial charge in [-0.3, -0.25) is 14.4 Å². The molecule has 3 aliphatic rings. The summed E-state index contributed by atoms with van der Waals surface area (Å²) in [5.41, 5.74) is 1.60. The fourth-order valence-electron chi connectivity index (χ4n) is 7.18. The van der Waals surface area contributed by atoms with Gasteiger partial charge in [-0.2, -0.15) is 0 Å². The fourth-order valence-corrected chi connectivity index (χ4v) is 8.12. The van der Waals surface area contributed by atoms with Gasteiger partial charge in [0, 0.05) is 49.0 Å². The third-order valence-corrected chi connectivity index (χ3v) is 10.1. The normalized spacial score (nSPS) is 27.3. The van der Waals surface area contributed by atoms with Crippen molar-refractivity contribution in [3.8, 4) is 0 Å². The molecule has 0 aliphatic carbocycles. The molecule has 3 fully saturated rings. The van der Waals surface area contributed by atoms with Gasteiger partial charge in [-0.05, 0) is 62.9 Å². The summed E-state index contributed by atoms with van der Waals surface area (Å²) in [7, 11) is 0. The van der Waals surface area contributed by atoms with Gasteiger partial charge >= 0.3 is 0 Å². The van der Waals surface area contributed by atoms with Crippen molar-refractivity contribution in [3.05, 3.63) is 60.2 Å². The van der Waals surface area contributed by atoms with Crippen molar-refractivity contribution < 1.29 is 24.2 Å². The molecule has 2 aromatic rings. The Morgan fingerprint density at radius 3 is 2.40 bits per heavy atom. The predicted octanol–water partition coefficient (Wildman–Crippen LogP) is 4.09. The first-order valence-electron chi connectivity index (χ1n) is 15.5. The Hall–Kier alpha value is -2.95. The van der Waals surface area contributed by atoms with Gasteiger partial charge in [0.05, 0.1) is 17.9 Å². The number of nitrogens with zero attached hydrogens (tertiary/aromatic N) is 2. The summed E-state index contributed by atoms with van der Waals surface area (Å²) in [5, 5.41) is 15.3. The van der Waals surface area contributed by atoms with Crippen LogP contribution in [0.25, 0.3) is 0 Å². The number of rotatable bonds is 14. The molecule has 9 nitrogen and oxygen atoms in total. The van der Waals surface area contributed by atoms with Gasteiger partial charge < -0.3 is 30.3 Å². The molecule has 0 radical (unpaired) electrons. The summed E-state index contributed by atoms with van der Waals surface area (Å²) in [6, 6.07) is 16.5. The molecule has 3 heterocycles. The summed E-state index contributed by atoms with van der Waals surface area (Å²) in [5.74, 6) is -2.15. The number of likely N-dealkylation sites (tertiary alicyclic amines) is 1. The Kier molecular flexibility index (Phi) is 10.1. The van der Waals surface area contributed by atoms with Crippen LogP contribution in [0.1, 0.15) is 51.5 Å². The SMILES string of the molecule is CCN(CC)c1ccc(NC(=O)C2N(CCCCCCO)C(=O)[C@@H]3[C@H](C(=O)NCc4ccccc4)[C@H]4OC23CC4Br)cc1. The number of aliphatic hydroxyl groups excluding tert-OH is 1. The van der Waals surface area contributed by atoms with E-state index in [1.165, 1.54) is 0 Å². The second-order valence-electron chi connectivity index (χ2n) is 11.7. The summed E-state index contributed by atoms with van der Waals surface area (Å²) < 4.78 is 6.61. The highest BCUT2D eigenvalue weighted by Crippen LogP contribution is 2.60. The van der Waals surface area contributed by atoms with E-state index in [4.69, 9.17) is 4.74 Å². The summed E-state index contributed by atoms with van der Waals surface area (Å²) in [6.45, 7) is 6.85. The highest BCUT2D eigenvalue weighted by Gasteiger charge is 2.76. The standard InChI is InChI=1S/C33H43BrN4O5/c1-3-37(4-2)24-16-14-23(15-17-24)36-31(41)29-33-20-25(34)28(43-33)26(30(40)35-21-22-12-8-7-9-13-22)27(33)32(42)38(29)18-10-5-6-11-19-39/h7-9,12-17,25-29,39H,3-6,10-11,18-21H2,1-2H3,(H,35,40)(H,36,41)/t25?,26-,27-,28-,29?,33?/m0/s1. The van der Waals surface area contributed by atoms with E-state index in [-0.39, 0.29) is 29.2 Å². The maximum Gasteiger partial charge on any atom is 0.250 e. The first kappa shape index (κ1) is 31.5. The molecular formula is C33H43BrN4O5. The highest BCUT2D eigenvalue weighted by molar-refractivity contribution is 9.09. The molecule has 2 aromatic carbocycles. The van der Waals surface area contributed by atoms with Crippen molar-refractivity contribution in [1.82, 2.24) is 10.2 Å². The number of hydrogen-bond acceptors (Lipinski definition) is 6. The molecule has 3 N–H and O–H groups in total. The van der Waals surface area contributed by atoms with Crippen molar-refractivity contribution in [1.29, 1.82) is 0 Å². The van der Waals surface area contributed by atoms with Crippen LogP contribution in [0.2, 0.25) is 0 Å². The van der Waals surface area contributed by atoms with E-state index >= 15 is 0 Å². The number of hydrogen-bond donors (Lipinski definition) is 3. The zero-order valence-electron chi connectivity index (χ0n) is 25.0. The highest BCUT2D eigenvalue weighted by atomic mass is 79.9. The molecule has 3 unspecified atom stereocenters. The average Bonchev–Trinajstić information content (AvgIpc) is 3.61. The summed E-state index contributed by atoms with van der Waals surface area (Å²) >= 11 is 3.74. The number of unbranched alkanes of at least 4 members (excludes halogenated alkanes) is 3. The zero-order chi connectivity index (χ0) is 30.6. The molecule has 3 amide bonds. The maximum atomic E-state index is 14.2. The van der Waals surface area contributed by atoms with Crippen LogP contribution in [0.15, 0.2) is 54.6 Å². The molecular weight excluding hydrogens is 612 g/mol. The molecule has 3 aliphatic heterocycles. The number of ether oxygens (including phenoxy) is 1. The third-order valence-electron chi connectivity index (χ3n) is 9.22. The molecule has 6 atom stereocenters. The third kappa shape index (κ3) is 6.19. The zero-order valence-corrected chi connectivity index (χ0v) is 26.6. The minimum absolute atomic E-state index is 0.133. The monoisotopic (exact) mass is 654 g/mol. The van der Waals surface area contributed by atoms with E-state index in [2.05, 4.69) is 45.3 Å². The second-order valence-corrected chi connectivity index (χ2v) is 12.9. The number of fused-ring (bicyclic) bond motifs is 1. The van der Waals surface area contributed by atoms with E-state index in [0.717, 1.165) is 37.2 Å². The lowest BCUT2D eigenvalue weighted by atomic mass is 9.70. The second kappa shape index (κ2) is 13.8. The first-order chi connectivity index (χ1) is 20.8. The molecule has 43 heavy (non-hydrogen) atoms. The minimum atomic E-state index is -1.10. The molecule has 232 valence electrons. The van der Waals surface area contributed by atoms with Crippen LogP contribution in [-0.2, 0) is 25.7 Å². The van der Waals surface area contributed by atoms with Gasteiger partial charge in [0.15, 0.2) is 0 Å². The molecule has 10 heteroatoms. The van der Waals surface area contributed by atoms with Crippen LogP contribution in [0.5, 0.6) is 0 Å². The van der Waals surface area contributed by atoms with Gasteiger partial charge in [-0.1, -0.05) is 59.1 Å². The number of alkyl halides is 1. The number of benzene rings is 2. The summed E-state index contributed by atoms with van der Waals surface area (Å²) in [6.07, 6.45) is 3.04. The quantitative estimate of drug-likeness (QED) is 0.209. The van der Waals surface area contributed by atoms with Crippen LogP contribution < -0.4 is 15.5 Å². The van der Waals surface area contributed by atoms with Gasteiger partial charge in [0.25, 0.3) is 0 Å². The Morgan fingerprint density at radius 1 is 1.02 bits per heavy atom. The van der Waals surface area contributed by atoms with Crippen molar-refractivity contribution in [2.75, 3.05) is 36.5 Å². The number of nitrogens with one attached hydrogen (secondary N) is 2. The Bertz CT molecular complexity index is 1270. The van der Waals surface area contributed by atoms with Crippen LogP contribution in [-0.4, -0.2) is 76.5 Å². The molecule has 2 bridgehead atoms. The van der Waals surface area contributed by atoms with E-state index in [1.54, 1.807) is 4.90 Å². The van der Waals surface area contributed by atoms with E-state index < -0.39 is 29.6 Å². The smallest absolute Gasteiger partial charge is 0.250 e. The Morgan fingerprint density at radius 2 is 1.72 bits per heavy atom. The molecule has 0 aromatic heterocycles. The lowest BCUT2D eigenvalue weighted by Crippen LogP contribution is -2.54. The number of carbonyl (C=O) groups excluding carboxylic acids is 3. The van der Waals surface area contributed by atoms with Gasteiger partial charge in [0.1, 0.15) is 11.6 Å². The summed E-state index contributed by atoms with van der Waals surface area (Å²) in [4.78, 5) is 45.7. The lowest BCUT2D eigenvalue weighted by Gasteiger charge is -2.34. The topological polar surface area (TPSA) is 111 Å². The molecule has 3 saturated heterocycles. The van der Waals surface area contributed by atoms with Gasteiger partial charge in [-0.25, -0.2) is 0 Å². The average molecular weight is 656 g/mol. The predicted molar refractivity (Wildman–Crippen MR) is 170 cm³/mol. The van der Waals surface area contributed by atoms with Crippen LogP contribution in [0.4, 0.5) is 11.4 Å². The first-order valence-corrected chi connectivity index (χ1v) is 16.5. The number of anilines is 2. The number of aliphatic hydroxyl groups is 1. The largest absolute Gasteiger partial charge is 0.396 e. The van der Waals surface area contributed by atoms with E-state index in [9.17, 15) is 19.5 Å². The van der Waals surface area contributed by atoms with E-state index in [0.29, 0.717) is 38.0 Å². The van der Waals surface area contributed by atoms with Crippen LogP contribution >= 0.6 is 15.9 Å². The van der Waals surface area contributed by atoms with E-state index in [1.807, 2.05) is 54.6 Å². The van der Waals surface area contributed by atoms with Crippen molar-refractivity contribution in [2.24, 2.45) is 11.8 Å². The minimum Gasteiger partial charge on any atom is -0.396 e. The lowest BCUT2D eigenvalue weighted by molar-refractivity contribution is -0.140. The van der Waals surface area contributed by atoms with Crippen molar-refractivity contribution in [2.45, 2.75) is 75.1 Å². The van der Waals surface area contributed by atoms with Gasteiger partial charge in [-0.15, -0.1) is 0 Å². The number of carbonyl (C=O) groups is 3. The number of amides is 3. The molecule has 1 spiro atoms. The molecule has 5 rings (SSSR count). The Labute approximate surface area is 262 Å². The van der Waals surface area contributed by atoms with Crippen LogP contribution in [0, 0.1) is 11.8 Å². The van der Waals surface area contributed by atoms with Crippen molar-refractivity contribution in [3.63, 3.8) is 0 Å². The van der Waals surface area contributed by atoms with Crippen molar-refractivity contribution >= 4 is 45.0 Å². The maximum absolute atomic E-state index is 14.2. The Balaban J connectivity index is 1.39. The fraction of sp³-hybridized carbons (Fsp3) is 0.545. The van der Waals surface area contributed by atoms with Gasteiger partial charge in [0.2, 0.25) is 17.7 Å². The van der Waals surface area contributed by atoms with Crippen LogP contribution in [0.3, 0.4) is 0 Å². The number of halogens is 1.